The van der Waals surface area contributed by atoms with Crippen molar-refractivity contribution in [1.29, 1.82) is 0 Å². The van der Waals surface area contributed by atoms with Gasteiger partial charge in [0.15, 0.2) is 8.68 Å². The van der Waals surface area contributed by atoms with E-state index in [1.165, 1.54) is 34.9 Å². The Kier molecular flexibility index (Phi) is 9.87. The molecule has 2 amide bonds. The lowest BCUT2D eigenvalue weighted by molar-refractivity contribution is -0.114. The predicted molar refractivity (Wildman–Crippen MR) is 138 cm³/mol. The number of rotatable bonds is 12. The summed E-state index contributed by atoms with van der Waals surface area (Å²) in [5.74, 6) is 2.19. The first-order chi connectivity index (χ1) is 16.9. The third-order valence-electron chi connectivity index (χ3n) is 4.31. The quantitative estimate of drug-likeness (QED) is 0.328. The van der Waals surface area contributed by atoms with Crippen LogP contribution in [0.1, 0.15) is 0 Å². The Labute approximate surface area is 215 Å². The second kappa shape index (κ2) is 13.1. The Bertz CT molecular complexity index is 1040. The minimum Gasteiger partial charge on any atom is -0.497 e. The maximum atomic E-state index is 12.3. The second-order valence-electron chi connectivity index (χ2n) is 6.71. The van der Waals surface area contributed by atoms with Gasteiger partial charge in [0.1, 0.15) is 23.0 Å². The van der Waals surface area contributed by atoms with Gasteiger partial charge in [0.05, 0.1) is 39.9 Å². The molecule has 1 aromatic heterocycles. The highest BCUT2D eigenvalue weighted by Crippen LogP contribution is 2.30. The normalized spacial score (nSPS) is 10.4. The number of thioether (sulfide) groups is 2. The number of nitrogens with one attached hydrogen (secondary N) is 2. The molecule has 0 aliphatic heterocycles. The van der Waals surface area contributed by atoms with Crippen molar-refractivity contribution in [3.8, 4) is 23.0 Å². The molecule has 2 N–H and O–H groups in total. The smallest absolute Gasteiger partial charge is 0.234 e. The van der Waals surface area contributed by atoms with Crippen molar-refractivity contribution >= 4 is 58.0 Å². The zero-order valence-electron chi connectivity index (χ0n) is 19.4. The number of benzene rings is 2. The van der Waals surface area contributed by atoms with E-state index in [1.54, 1.807) is 64.8 Å². The molecule has 10 nitrogen and oxygen atoms in total. The summed E-state index contributed by atoms with van der Waals surface area (Å²) in [6, 6.07) is 10.3. The number of amides is 2. The molecule has 35 heavy (non-hydrogen) atoms. The topological polar surface area (TPSA) is 121 Å². The van der Waals surface area contributed by atoms with Crippen molar-refractivity contribution in [2.24, 2.45) is 0 Å². The highest BCUT2D eigenvalue weighted by Gasteiger charge is 2.12. The molecule has 0 bridgehead atoms. The number of carbonyl (C=O) groups excluding carboxylic acids is 2. The van der Waals surface area contributed by atoms with Crippen LogP contribution in [0.15, 0.2) is 45.1 Å². The minimum absolute atomic E-state index is 0.150. The molecule has 13 heteroatoms. The Morgan fingerprint density at radius 1 is 0.686 bits per heavy atom. The van der Waals surface area contributed by atoms with Gasteiger partial charge in [0.2, 0.25) is 11.8 Å². The van der Waals surface area contributed by atoms with E-state index in [0.717, 1.165) is 0 Å². The fraction of sp³-hybridized carbons (Fsp3) is 0.273. The Hall–Kier alpha value is -3.16. The van der Waals surface area contributed by atoms with Crippen LogP contribution < -0.4 is 29.6 Å². The van der Waals surface area contributed by atoms with Crippen LogP contribution in [0, 0.1) is 0 Å². The zero-order chi connectivity index (χ0) is 25.2. The molecule has 0 radical (unpaired) electrons. The van der Waals surface area contributed by atoms with Gasteiger partial charge in [-0.05, 0) is 0 Å². The molecule has 0 spiro atoms. The van der Waals surface area contributed by atoms with Gasteiger partial charge in [-0.2, -0.15) is 0 Å². The summed E-state index contributed by atoms with van der Waals surface area (Å²) in [5.41, 5.74) is 1.14. The molecule has 0 unspecified atom stereocenters. The molecule has 0 aliphatic rings. The molecule has 186 valence electrons. The SMILES string of the molecule is COc1cc(NC(=O)CSc2nnc(SCC(=O)Nc3cc(OC)cc(OC)c3)s2)cc(OC)c1. The van der Waals surface area contributed by atoms with Crippen LogP contribution in [0.3, 0.4) is 0 Å². The lowest BCUT2D eigenvalue weighted by Crippen LogP contribution is -2.14. The van der Waals surface area contributed by atoms with Crippen LogP contribution in [0.2, 0.25) is 0 Å². The molecular formula is C22H24N4O6S3. The number of ether oxygens (including phenoxy) is 4. The molecule has 2 aromatic carbocycles. The Balaban J connectivity index is 1.46. The van der Waals surface area contributed by atoms with Crippen molar-refractivity contribution in [2.45, 2.75) is 8.68 Å². The van der Waals surface area contributed by atoms with Gasteiger partial charge < -0.3 is 29.6 Å². The maximum Gasteiger partial charge on any atom is 0.234 e. The molecule has 0 saturated carbocycles. The predicted octanol–water partition coefficient (Wildman–Crippen LogP) is 4.03. The fourth-order valence-corrected chi connectivity index (χ4v) is 5.34. The largest absolute Gasteiger partial charge is 0.497 e. The number of nitrogens with zero attached hydrogens (tertiary/aromatic N) is 2. The molecule has 0 aliphatic carbocycles. The van der Waals surface area contributed by atoms with E-state index in [2.05, 4.69) is 20.8 Å². The van der Waals surface area contributed by atoms with E-state index in [1.807, 2.05) is 0 Å². The maximum absolute atomic E-state index is 12.3. The summed E-state index contributed by atoms with van der Waals surface area (Å²) >= 11 is 3.84. The highest BCUT2D eigenvalue weighted by atomic mass is 32.2. The first-order valence-electron chi connectivity index (χ1n) is 10.1. The first kappa shape index (κ1) is 26.4. The van der Waals surface area contributed by atoms with Crippen LogP contribution >= 0.6 is 34.9 Å². The van der Waals surface area contributed by atoms with Crippen molar-refractivity contribution < 1.29 is 28.5 Å². The van der Waals surface area contributed by atoms with E-state index < -0.39 is 0 Å². The first-order valence-corrected chi connectivity index (χ1v) is 12.9. The van der Waals surface area contributed by atoms with Crippen LogP contribution in [0.25, 0.3) is 0 Å². The van der Waals surface area contributed by atoms with Crippen molar-refractivity contribution in [2.75, 3.05) is 50.6 Å². The van der Waals surface area contributed by atoms with E-state index in [0.29, 0.717) is 43.1 Å². The summed E-state index contributed by atoms with van der Waals surface area (Å²) in [6.45, 7) is 0. The molecule has 0 atom stereocenters. The average molecular weight is 537 g/mol. The lowest BCUT2D eigenvalue weighted by atomic mass is 10.2. The average Bonchev–Trinajstić information content (AvgIpc) is 3.33. The molecule has 0 fully saturated rings. The van der Waals surface area contributed by atoms with E-state index >= 15 is 0 Å². The van der Waals surface area contributed by atoms with Gasteiger partial charge in [-0.15, -0.1) is 10.2 Å². The van der Waals surface area contributed by atoms with Crippen LogP contribution in [-0.4, -0.2) is 62.0 Å². The van der Waals surface area contributed by atoms with Crippen LogP contribution in [0.5, 0.6) is 23.0 Å². The van der Waals surface area contributed by atoms with Crippen molar-refractivity contribution in [3.05, 3.63) is 36.4 Å². The number of carbonyl (C=O) groups is 2. The Morgan fingerprint density at radius 3 is 1.34 bits per heavy atom. The number of hydrogen-bond acceptors (Lipinski definition) is 11. The minimum atomic E-state index is -0.206. The number of hydrogen-bond donors (Lipinski definition) is 2. The summed E-state index contributed by atoms with van der Waals surface area (Å²) in [5, 5.41) is 13.8. The zero-order valence-corrected chi connectivity index (χ0v) is 21.9. The lowest BCUT2D eigenvalue weighted by Gasteiger charge is -2.09. The van der Waals surface area contributed by atoms with Crippen molar-refractivity contribution in [1.82, 2.24) is 10.2 Å². The molecule has 3 rings (SSSR count). The summed E-state index contributed by atoms with van der Waals surface area (Å²) < 4.78 is 22.1. The Morgan fingerprint density at radius 2 is 1.03 bits per heavy atom. The summed E-state index contributed by atoms with van der Waals surface area (Å²) in [4.78, 5) is 24.7. The fourth-order valence-electron chi connectivity index (χ4n) is 2.72. The molecule has 3 aromatic rings. The van der Waals surface area contributed by atoms with Crippen LogP contribution in [-0.2, 0) is 9.59 Å². The number of aromatic nitrogens is 2. The second-order valence-corrected chi connectivity index (χ2v) is 10.1. The highest BCUT2D eigenvalue weighted by molar-refractivity contribution is 8.03. The van der Waals surface area contributed by atoms with E-state index in [-0.39, 0.29) is 23.3 Å². The summed E-state index contributed by atoms with van der Waals surface area (Å²) in [7, 11) is 6.17. The van der Waals surface area contributed by atoms with Gasteiger partial charge in [-0.1, -0.05) is 34.9 Å². The third kappa shape index (κ3) is 8.23. The van der Waals surface area contributed by atoms with Gasteiger partial charge in [0.25, 0.3) is 0 Å². The van der Waals surface area contributed by atoms with Crippen LogP contribution in [0.4, 0.5) is 11.4 Å². The summed E-state index contributed by atoms with van der Waals surface area (Å²) in [6.07, 6.45) is 0. The molecule has 0 saturated heterocycles. The van der Waals surface area contributed by atoms with Gasteiger partial charge in [-0.3, -0.25) is 9.59 Å². The van der Waals surface area contributed by atoms with Gasteiger partial charge >= 0.3 is 0 Å². The van der Waals surface area contributed by atoms with E-state index in [9.17, 15) is 9.59 Å². The third-order valence-corrected chi connectivity index (χ3v) is 7.50. The van der Waals surface area contributed by atoms with Gasteiger partial charge in [0, 0.05) is 47.8 Å². The van der Waals surface area contributed by atoms with Gasteiger partial charge in [-0.25, -0.2) is 0 Å². The molecule has 1 heterocycles. The molecular weight excluding hydrogens is 512 g/mol. The monoisotopic (exact) mass is 536 g/mol. The number of anilines is 2. The standard InChI is InChI=1S/C22H24N4O6S3/c1-29-15-5-13(6-16(9-15)30-2)23-19(27)11-33-21-25-26-22(35-21)34-12-20(28)24-14-7-17(31-3)10-18(8-14)32-4/h5-10H,11-12H2,1-4H3,(H,23,27)(H,24,28). The number of methoxy groups -OCH3 is 4. The van der Waals surface area contributed by atoms with E-state index in [4.69, 9.17) is 18.9 Å². The van der Waals surface area contributed by atoms with Crippen molar-refractivity contribution in [3.63, 3.8) is 0 Å².